The highest BCUT2D eigenvalue weighted by Crippen LogP contribution is 2.61. The summed E-state index contributed by atoms with van der Waals surface area (Å²) in [6.07, 6.45) is 0.378. The van der Waals surface area contributed by atoms with E-state index in [1.165, 1.54) is 6.42 Å². The van der Waals surface area contributed by atoms with E-state index in [2.05, 4.69) is 31.4 Å². The second-order valence-electron chi connectivity index (χ2n) is 17.9. The minimum atomic E-state index is -0.929. The summed E-state index contributed by atoms with van der Waals surface area (Å²) >= 11 is 0. The number of carbonyl (C=O) groups excluding carboxylic acids is 3. The van der Waals surface area contributed by atoms with Crippen molar-refractivity contribution in [3.8, 4) is 16.9 Å². The normalized spacial score (nSPS) is 25.7. The first kappa shape index (κ1) is 44.0. The minimum Gasteiger partial charge on any atom is -0.496 e. The number of carbonyl (C=O) groups is 3. The number of aliphatic hydroxyl groups excluding tert-OH is 2. The number of ether oxygens (including phenoxy) is 1. The highest BCUT2D eigenvalue weighted by Gasteiger charge is 2.57. The zero-order chi connectivity index (χ0) is 42.9. The van der Waals surface area contributed by atoms with Gasteiger partial charge in [-0.05, 0) is 92.9 Å². The topological polar surface area (TPSA) is 147 Å². The number of hydroxylamine groups is 2. The van der Waals surface area contributed by atoms with E-state index in [4.69, 9.17) is 9.57 Å². The van der Waals surface area contributed by atoms with Crippen LogP contribution in [0.15, 0.2) is 66.7 Å². The van der Waals surface area contributed by atoms with Crippen LogP contribution in [0.3, 0.4) is 0 Å². The zero-order valence-corrected chi connectivity index (χ0v) is 36.3. The number of hydrogen-bond donors (Lipinski definition) is 4. The summed E-state index contributed by atoms with van der Waals surface area (Å²) in [6, 6.07) is 18.9. The number of methoxy groups -OCH3 is 1. The first-order valence-electron chi connectivity index (χ1n) is 20.8. The molecule has 0 radical (unpaired) electrons. The van der Waals surface area contributed by atoms with Crippen molar-refractivity contribution in [1.82, 2.24) is 20.6 Å². The molecule has 320 valence electrons. The molecule has 9 atom stereocenters. The van der Waals surface area contributed by atoms with E-state index < -0.39 is 36.1 Å². The smallest absolute Gasteiger partial charge is 0.252 e. The monoisotopic (exact) mass is 812 g/mol. The zero-order valence-electron chi connectivity index (χ0n) is 36.3. The molecule has 0 aromatic heterocycles. The molecule has 3 saturated carbocycles. The average molecular weight is 813 g/mol. The van der Waals surface area contributed by atoms with E-state index in [-0.39, 0.29) is 36.4 Å². The standard InChI is InChI=1S/C46H64N6O7/c1-27-36-22-32(46(36,3)4)23-37(27)47-44(56)41-40(28(2)54)39(26-53)59-52(41)24-29-15-14-18-35(42(29)58-10)30-19-31(21-34(20-30)50(7)8)43(55)48-38(25-49(5)6)45(57)51(9)33-16-12-11-13-17-33/h11-21,27-28,32,36-41,53-54H,22-26H2,1-10H3,(H,47,56)(H,48,55)/t27-,28-,32-,36-,37-,38+,39-,40-,41-/m0/s1. The molecular weight excluding hydrogens is 749 g/mol. The number of anilines is 2. The highest BCUT2D eigenvalue weighted by molar-refractivity contribution is 6.03. The van der Waals surface area contributed by atoms with Crippen LogP contribution in [0, 0.1) is 29.1 Å². The summed E-state index contributed by atoms with van der Waals surface area (Å²) < 4.78 is 6.09. The average Bonchev–Trinajstić information content (AvgIpc) is 3.59. The molecule has 2 bridgehead atoms. The van der Waals surface area contributed by atoms with Gasteiger partial charge in [0, 0.05) is 67.7 Å². The number of nitrogens with zero attached hydrogens (tertiary/aromatic N) is 4. The van der Waals surface area contributed by atoms with Gasteiger partial charge in [-0.25, -0.2) is 0 Å². The number of benzene rings is 3. The van der Waals surface area contributed by atoms with Crippen molar-refractivity contribution in [3.05, 3.63) is 77.9 Å². The SMILES string of the molecule is COc1c(CN2O[C@@H](CO)[C@H]([C@H](C)O)[C@H]2C(=O)N[C@H]2C[C@@H]3C[C@@H]([C@@H]2C)C3(C)C)cccc1-c1cc(C(=O)N[C@H](CN(C)C)C(=O)N(C)c2ccccc2)cc(N(C)C)c1. The van der Waals surface area contributed by atoms with Gasteiger partial charge in [0.05, 0.1) is 26.4 Å². The van der Waals surface area contributed by atoms with Crippen molar-refractivity contribution in [2.75, 3.05) is 65.3 Å². The number of aliphatic hydroxyl groups is 2. The maximum atomic E-state index is 14.3. The first-order chi connectivity index (χ1) is 28.0. The molecule has 1 heterocycles. The molecule has 3 aromatic carbocycles. The van der Waals surface area contributed by atoms with Crippen molar-refractivity contribution in [2.45, 2.75) is 77.4 Å². The number of likely N-dealkylation sites (N-methyl/N-ethyl adjacent to an activating group) is 2. The molecule has 3 aliphatic carbocycles. The van der Waals surface area contributed by atoms with Crippen LogP contribution in [-0.2, 0) is 21.0 Å². The van der Waals surface area contributed by atoms with Crippen LogP contribution in [0.25, 0.3) is 11.1 Å². The van der Waals surface area contributed by atoms with Crippen molar-refractivity contribution < 1.29 is 34.2 Å². The molecular formula is C46H64N6O7. The van der Waals surface area contributed by atoms with E-state index in [1.807, 2.05) is 92.6 Å². The third kappa shape index (κ3) is 9.00. The lowest BCUT2D eigenvalue weighted by atomic mass is 9.45. The Hall–Kier alpha value is -4.53. The van der Waals surface area contributed by atoms with E-state index in [0.717, 1.165) is 17.8 Å². The van der Waals surface area contributed by atoms with Gasteiger partial charge in [0.2, 0.25) is 5.91 Å². The Morgan fingerprint density at radius 2 is 1.69 bits per heavy atom. The predicted molar refractivity (Wildman–Crippen MR) is 230 cm³/mol. The highest BCUT2D eigenvalue weighted by atomic mass is 16.7. The Bertz CT molecular complexity index is 1970. The predicted octanol–water partition coefficient (Wildman–Crippen LogP) is 4.41. The number of amides is 3. The fourth-order valence-electron chi connectivity index (χ4n) is 9.79. The first-order valence-corrected chi connectivity index (χ1v) is 20.8. The molecule has 7 rings (SSSR count). The van der Waals surface area contributed by atoms with Gasteiger partial charge in [-0.2, -0.15) is 5.06 Å². The Balaban J connectivity index is 1.29. The van der Waals surface area contributed by atoms with Gasteiger partial charge in [0.25, 0.3) is 11.8 Å². The third-order valence-electron chi connectivity index (χ3n) is 13.3. The van der Waals surface area contributed by atoms with E-state index in [9.17, 15) is 24.6 Å². The summed E-state index contributed by atoms with van der Waals surface area (Å²) in [5.74, 6) is 0.364. The minimum absolute atomic E-state index is 0.0123. The summed E-state index contributed by atoms with van der Waals surface area (Å²) in [6.45, 7) is 8.56. The molecule has 0 spiro atoms. The Labute approximate surface area is 349 Å². The lowest BCUT2D eigenvalue weighted by molar-refractivity contribution is -0.183. The van der Waals surface area contributed by atoms with Crippen molar-refractivity contribution in [3.63, 3.8) is 0 Å². The van der Waals surface area contributed by atoms with Crippen LogP contribution in [0.4, 0.5) is 11.4 Å². The maximum absolute atomic E-state index is 14.3. The molecule has 4 fully saturated rings. The summed E-state index contributed by atoms with van der Waals surface area (Å²) in [5.41, 5.74) is 4.23. The number of para-hydroxylation sites is 2. The number of fused-ring (bicyclic) bond motifs is 2. The lowest BCUT2D eigenvalue weighted by Gasteiger charge is -2.62. The van der Waals surface area contributed by atoms with Gasteiger partial charge in [0.15, 0.2) is 0 Å². The summed E-state index contributed by atoms with van der Waals surface area (Å²) in [5, 5.41) is 29.3. The van der Waals surface area contributed by atoms with Gasteiger partial charge in [-0.1, -0.05) is 57.2 Å². The molecule has 4 N–H and O–H groups in total. The summed E-state index contributed by atoms with van der Waals surface area (Å²) in [4.78, 5) is 53.8. The Kier molecular flexibility index (Phi) is 13.4. The molecule has 3 amide bonds. The van der Waals surface area contributed by atoms with Crippen molar-refractivity contribution in [2.24, 2.45) is 29.1 Å². The molecule has 1 saturated heterocycles. The molecule has 13 heteroatoms. The Morgan fingerprint density at radius 1 is 0.983 bits per heavy atom. The maximum Gasteiger partial charge on any atom is 0.252 e. The summed E-state index contributed by atoms with van der Waals surface area (Å²) in [7, 11) is 10.8. The van der Waals surface area contributed by atoms with Crippen LogP contribution >= 0.6 is 0 Å². The third-order valence-corrected chi connectivity index (χ3v) is 13.3. The molecule has 4 aliphatic rings. The number of hydrogen-bond acceptors (Lipinski definition) is 10. The van der Waals surface area contributed by atoms with Gasteiger partial charge in [0.1, 0.15) is 23.9 Å². The quantitative estimate of drug-likeness (QED) is 0.174. The fraction of sp³-hybridized carbons (Fsp3) is 0.543. The van der Waals surface area contributed by atoms with Gasteiger partial charge in [-0.15, -0.1) is 0 Å². The lowest BCUT2D eigenvalue weighted by Crippen LogP contribution is -2.62. The van der Waals surface area contributed by atoms with Crippen LogP contribution in [0.5, 0.6) is 5.75 Å². The largest absolute Gasteiger partial charge is 0.496 e. The van der Waals surface area contributed by atoms with Crippen LogP contribution in [0.2, 0.25) is 0 Å². The van der Waals surface area contributed by atoms with Crippen LogP contribution in [0.1, 0.15) is 56.5 Å². The molecule has 13 nitrogen and oxygen atoms in total. The van der Waals surface area contributed by atoms with Gasteiger partial charge in [-0.3, -0.25) is 19.2 Å². The molecule has 59 heavy (non-hydrogen) atoms. The number of nitrogens with one attached hydrogen (secondary N) is 2. The Morgan fingerprint density at radius 3 is 2.29 bits per heavy atom. The van der Waals surface area contributed by atoms with E-state index >= 15 is 0 Å². The van der Waals surface area contributed by atoms with Crippen molar-refractivity contribution in [1.29, 1.82) is 0 Å². The molecule has 3 aromatic rings. The van der Waals surface area contributed by atoms with Gasteiger partial charge < -0.3 is 40.3 Å². The fourth-order valence-corrected chi connectivity index (χ4v) is 9.79. The second kappa shape index (κ2) is 18.0. The number of rotatable bonds is 15. The van der Waals surface area contributed by atoms with E-state index in [1.54, 1.807) is 43.2 Å². The molecule has 0 unspecified atom stereocenters. The second-order valence-corrected chi connectivity index (χ2v) is 17.9. The van der Waals surface area contributed by atoms with Crippen LogP contribution in [-0.4, -0.2) is 124 Å². The van der Waals surface area contributed by atoms with Gasteiger partial charge >= 0.3 is 0 Å². The van der Waals surface area contributed by atoms with Crippen LogP contribution < -0.4 is 25.2 Å². The molecule has 1 aliphatic heterocycles. The van der Waals surface area contributed by atoms with Crippen molar-refractivity contribution >= 4 is 29.1 Å². The van der Waals surface area contributed by atoms with E-state index in [0.29, 0.717) is 52.3 Å².